The van der Waals surface area contributed by atoms with Crippen LogP contribution in [0.15, 0.2) is 143 Å². The predicted molar refractivity (Wildman–Crippen MR) is 145 cm³/mol. The van der Waals surface area contributed by atoms with Crippen LogP contribution in [0.1, 0.15) is 22.8 Å². The predicted octanol–water partition coefficient (Wildman–Crippen LogP) is 6.50. The third-order valence-electron chi connectivity index (χ3n) is 3.79. The number of nitrogens with one attached hydrogen (secondary N) is 2. The summed E-state index contributed by atoms with van der Waals surface area (Å²) in [6.07, 6.45) is -4.95. The Labute approximate surface area is 224 Å². The number of anilines is 1. The molecule has 0 fully saturated rings. The summed E-state index contributed by atoms with van der Waals surface area (Å²) in [5, 5.41) is 5.70. The molecule has 0 radical (unpaired) electrons. The summed E-state index contributed by atoms with van der Waals surface area (Å²) in [4.78, 5) is 22.7. The zero-order valence-corrected chi connectivity index (χ0v) is 20.9. The van der Waals surface area contributed by atoms with Crippen molar-refractivity contribution >= 4 is 23.2 Å². The fraction of sp³-hybridized carbons (Fsp3) is 0.0645. The molecule has 39 heavy (non-hydrogen) atoms. The third-order valence-corrected chi connectivity index (χ3v) is 3.79. The standard InChI is InChI=1S/C17H14F3N3O2.C10H4.C4H4/c1-11(22-23-15(24)13-5-3-2-4-6-13)12-7-9-14(10-8-12)21-16(25)17(18,19)20;1-3-5-7-9-10-8-6-4-2;1-3-4-2/h2-10H,1H3,(H,21,25)(H,23,24);1-2H2;1-2H2/b22-11+;;. The Morgan fingerprint density at radius 1 is 0.718 bits per heavy atom. The molecule has 2 aromatic carbocycles. The average molecular weight is 526 g/mol. The van der Waals surface area contributed by atoms with Gasteiger partial charge in [-0.2, -0.15) is 18.3 Å². The number of hydrazone groups is 1. The minimum absolute atomic E-state index is 0.00666. The molecule has 0 heterocycles. The highest BCUT2D eigenvalue weighted by atomic mass is 19.4. The number of carbonyl (C=O) groups excluding carboxylic acids is 2. The third kappa shape index (κ3) is 15.7. The molecule has 0 bridgehead atoms. The molecule has 0 saturated heterocycles. The van der Waals surface area contributed by atoms with Gasteiger partial charge in [0.25, 0.3) is 5.91 Å². The topological polar surface area (TPSA) is 70.6 Å². The van der Waals surface area contributed by atoms with Crippen molar-refractivity contribution in [3.63, 3.8) is 0 Å². The van der Waals surface area contributed by atoms with E-state index in [1.807, 2.05) is 0 Å². The lowest BCUT2D eigenvalue weighted by Crippen LogP contribution is -2.29. The van der Waals surface area contributed by atoms with Gasteiger partial charge >= 0.3 is 12.1 Å². The molecule has 0 spiro atoms. The number of hydrogen-bond acceptors (Lipinski definition) is 3. The maximum Gasteiger partial charge on any atom is 0.471 e. The fourth-order valence-electron chi connectivity index (χ4n) is 2.06. The number of halogens is 3. The van der Waals surface area contributed by atoms with Crippen LogP contribution in [0.2, 0.25) is 0 Å². The lowest BCUT2D eigenvalue weighted by atomic mass is 10.1. The van der Waals surface area contributed by atoms with Crippen molar-refractivity contribution in [2.45, 2.75) is 13.1 Å². The van der Waals surface area contributed by atoms with Crippen LogP contribution in [0.4, 0.5) is 18.9 Å². The SMILES string of the molecule is C/C(=N\NC(=O)c1ccccc1)c1ccc(NC(=O)C(F)(F)F)cc1.C=C=C=C.C=C=C=C=C=C=C=C=C=C. The van der Waals surface area contributed by atoms with E-state index in [0.717, 1.165) is 0 Å². The van der Waals surface area contributed by atoms with Gasteiger partial charge in [-0.3, -0.25) is 9.59 Å². The molecule has 0 saturated carbocycles. The first-order chi connectivity index (χ1) is 18.6. The molecule has 2 aromatic rings. The van der Waals surface area contributed by atoms with Crippen LogP contribution in [-0.2, 0) is 4.79 Å². The highest BCUT2D eigenvalue weighted by Crippen LogP contribution is 2.18. The minimum Gasteiger partial charge on any atom is -0.318 e. The molecule has 2 N–H and O–H groups in total. The van der Waals surface area contributed by atoms with Crippen LogP contribution in [-0.4, -0.2) is 23.7 Å². The van der Waals surface area contributed by atoms with Crippen molar-refractivity contribution in [2.75, 3.05) is 5.32 Å². The first-order valence-corrected chi connectivity index (χ1v) is 10.6. The highest BCUT2D eigenvalue weighted by Gasteiger charge is 2.38. The van der Waals surface area contributed by atoms with E-state index in [-0.39, 0.29) is 11.6 Å². The van der Waals surface area contributed by atoms with Gasteiger partial charge in [0.05, 0.1) is 5.71 Å². The Balaban J connectivity index is 0.000000856. The molecular weight excluding hydrogens is 503 g/mol. The Kier molecular flexibility index (Phi) is 16.4. The van der Waals surface area contributed by atoms with E-state index in [1.54, 1.807) is 42.6 Å². The molecule has 0 aliphatic rings. The number of hydrogen-bond donors (Lipinski definition) is 2. The largest absolute Gasteiger partial charge is 0.471 e. The van der Waals surface area contributed by atoms with Crippen molar-refractivity contribution < 1.29 is 22.8 Å². The van der Waals surface area contributed by atoms with E-state index in [2.05, 4.69) is 94.2 Å². The lowest BCUT2D eigenvalue weighted by molar-refractivity contribution is -0.167. The van der Waals surface area contributed by atoms with E-state index >= 15 is 0 Å². The number of alkyl halides is 3. The normalized spacial score (nSPS) is 8.77. The molecule has 8 heteroatoms. The van der Waals surface area contributed by atoms with Crippen LogP contribution < -0.4 is 10.7 Å². The van der Waals surface area contributed by atoms with Crippen LogP contribution in [0, 0.1) is 0 Å². The van der Waals surface area contributed by atoms with Crippen LogP contribution in [0.3, 0.4) is 0 Å². The van der Waals surface area contributed by atoms with Gasteiger partial charge in [-0.15, -0.1) is 0 Å². The van der Waals surface area contributed by atoms with Crippen molar-refractivity contribution in [1.82, 2.24) is 5.43 Å². The Morgan fingerprint density at radius 2 is 1.21 bits per heavy atom. The van der Waals surface area contributed by atoms with E-state index in [9.17, 15) is 22.8 Å². The van der Waals surface area contributed by atoms with Gasteiger partial charge in [0.2, 0.25) is 0 Å². The van der Waals surface area contributed by atoms with Crippen LogP contribution in [0.25, 0.3) is 0 Å². The van der Waals surface area contributed by atoms with Crippen molar-refractivity contribution in [3.8, 4) is 0 Å². The number of rotatable bonds is 4. The minimum atomic E-state index is -4.95. The van der Waals surface area contributed by atoms with Gasteiger partial charge < -0.3 is 5.32 Å². The molecule has 0 aliphatic carbocycles. The second-order valence-electron chi connectivity index (χ2n) is 6.49. The second-order valence-corrected chi connectivity index (χ2v) is 6.49. The van der Waals surface area contributed by atoms with E-state index in [4.69, 9.17) is 0 Å². The van der Waals surface area contributed by atoms with E-state index < -0.39 is 12.1 Å². The number of amides is 2. The monoisotopic (exact) mass is 525 g/mol. The highest BCUT2D eigenvalue weighted by molar-refractivity contribution is 6.01. The van der Waals surface area contributed by atoms with Gasteiger partial charge in [0.1, 0.15) is 0 Å². The van der Waals surface area contributed by atoms with Gasteiger partial charge in [0, 0.05) is 11.3 Å². The Morgan fingerprint density at radius 3 is 1.64 bits per heavy atom. The second kappa shape index (κ2) is 19.3. The maximum absolute atomic E-state index is 12.2. The lowest BCUT2D eigenvalue weighted by Gasteiger charge is -2.08. The molecule has 194 valence electrons. The summed E-state index contributed by atoms with van der Waals surface area (Å²) in [7, 11) is 0. The van der Waals surface area contributed by atoms with Crippen LogP contribution in [0.5, 0.6) is 0 Å². The Bertz CT molecular complexity index is 1490. The zero-order valence-electron chi connectivity index (χ0n) is 20.9. The molecule has 2 rings (SSSR count). The fourth-order valence-corrected chi connectivity index (χ4v) is 2.06. The smallest absolute Gasteiger partial charge is 0.318 e. The summed E-state index contributed by atoms with van der Waals surface area (Å²) in [6, 6.07) is 14.1. The maximum atomic E-state index is 12.2. The number of benzene rings is 2. The molecule has 5 nitrogen and oxygen atoms in total. The summed E-state index contributed by atoms with van der Waals surface area (Å²) in [5.41, 5.74) is 28.0. The number of carbonyl (C=O) groups is 2. The van der Waals surface area contributed by atoms with Crippen molar-refractivity contribution in [1.29, 1.82) is 0 Å². The first-order valence-electron chi connectivity index (χ1n) is 10.6. The van der Waals surface area contributed by atoms with Crippen LogP contribution >= 0.6 is 0 Å². The Hall–Kier alpha value is -5.88. The average Bonchev–Trinajstić information content (AvgIpc) is 2.94. The quantitative estimate of drug-likeness (QED) is 0.272. The summed E-state index contributed by atoms with van der Waals surface area (Å²) < 4.78 is 36.6. The zero-order chi connectivity index (χ0) is 29.5. The summed E-state index contributed by atoms with van der Waals surface area (Å²) in [5.74, 6) is -2.42. The van der Waals surface area contributed by atoms with Crippen molar-refractivity contribution in [3.05, 3.63) is 149 Å². The molecule has 0 atom stereocenters. The van der Waals surface area contributed by atoms with Gasteiger partial charge in [-0.05, 0) is 97.5 Å². The molecule has 2 amide bonds. The summed E-state index contributed by atoms with van der Waals surface area (Å²) in [6.45, 7) is 14.5. The van der Waals surface area contributed by atoms with Gasteiger partial charge in [-0.25, -0.2) is 5.43 Å². The van der Waals surface area contributed by atoms with Crippen molar-refractivity contribution in [2.24, 2.45) is 5.10 Å². The molecule has 0 aromatic heterocycles. The van der Waals surface area contributed by atoms with Gasteiger partial charge in [-0.1, -0.05) is 53.3 Å². The van der Waals surface area contributed by atoms with E-state index in [0.29, 0.717) is 16.8 Å². The van der Waals surface area contributed by atoms with Gasteiger partial charge in [0.15, 0.2) is 0 Å². The number of nitrogens with zero attached hydrogens (tertiary/aromatic N) is 1. The molecule has 0 aliphatic heterocycles. The first kappa shape index (κ1) is 33.1. The van der Waals surface area contributed by atoms with E-state index in [1.165, 1.54) is 24.3 Å². The molecular formula is C31H22F3N3O2. The molecule has 0 unspecified atom stereocenters. The summed E-state index contributed by atoms with van der Waals surface area (Å²) >= 11 is 0.